The Morgan fingerprint density at radius 1 is 1.04 bits per heavy atom. The summed E-state index contributed by atoms with van der Waals surface area (Å²) in [6.45, 7) is 0.129. The molecule has 0 aliphatic rings. The molecule has 4 rings (SSSR count). The van der Waals surface area contributed by atoms with Crippen molar-refractivity contribution in [2.75, 3.05) is 7.11 Å². The van der Waals surface area contributed by atoms with Gasteiger partial charge in [-0.05, 0) is 36.4 Å². The summed E-state index contributed by atoms with van der Waals surface area (Å²) in [6.07, 6.45) is 1.55. The predicted octanol–water partition coefficient (Wildman–Crippen LogP) is 4.63. The Morgan fingerprint density at radius 2 is 1.85 bits per heavy atom. The third-order valence-electron chi connectivity index (χ3n) is 3.75. The average molecular weight is 384 g/mol. The van der Waals surface area contributed by atoms with Gasteiger partial charge in [0, 0.05) is 11.1 Å². The molecule has 0 unspecified atom stereocenters. The number of hydrogen-bond acceptors (Lipinski definition) is 7. The number of benzene rings is 2. The van der Waals surface area contributed by atoms with Gasteiger partial charge in [-0.15, -0.1) is 0 Å². The Balaban J connectivity index is 1.42. The highest BCUT2D eigenvalue weighted by molar-refractivity contribution is 6.33. The minimum Gasteiger partial charge on any atom is -0.497 e. The molecule has 27 heavy (non-hydrogen) atoms. The molecule has 7 nitrogen and oxygen atoms in total. The molecule has 2 aromatic carbocycles. The van der Waals surface area contributed by atoms with E-state index in [1.165, 1.54) is 6.26 Å². The fourth-order valence-electron chi connectivity index (χ4n) is 2.40. The summed E-state index contributed by atoms with van der Waals surface area (Å²) >= 11 is 6.13. The van der Waals surface area contributed by atoms with Crippen LogP contribution in [0.1, 0.15) is 5.69 Å². The van der Waals surface area contributed by atoms with Crippen LogP contribution < -0.4 is 9.47 Å². The van der Waals surface area contributed by atoms with E-state index in [0.717, 1.165) is 11.3 Å². The maximum Gasteiger partial charge on any atom is 0.418 e. The number of halogens is 1. The van der Waals surface area contributed by atoms with E-state index in [-0.39, 0.29) is 12.7 Å². The minimum atomic E-state index is 0.0268. The molecule has 0 saturated carbocycles. The van der Waals surface area contributed by atoms with Crippen molar-refractivity contribution in [3.8, 4) is 34.7 Å². The number of nitrogens with zero attached hydrogens (tertiary/aromatic N) is 3. The minimum absolute atomic E-state index is 0.0268. The second kappa shape index (κ2) is 7.51. The van der Waals surface area contributed by atoms with E-state index in [4.69, 9.17) is 30.0 Å². The molecule has 0 saturated heterocycles. The highest BCUT2D eigenvalue weighted by Gasteiger charge is 2.13. The van der Waals surface area contributed by atoms with Gasteiger partial charge in [0.25, 0.3) is 0 Å². The first-order valence-electron chi connectivity index (χ1n) is 8.03. The van der Waals surface area contributed by atoms with Crippen molar-refractivity contribution >= 4 is 11.6 Å². The molecule has 0 spiro atoms. The summed E-state index contributed by atoms with van der Waals surface area (Å²) in [5, 5.41) is 4.41. The van der Waals surface area contributed by atoms with Crippen molar-refractivity contribution in [2.24, 2.45) is 0 Å². The summed E-state index contributed by atoms with van der Waals surface area (Å²) in [6, 6.07) is 14.6. The Bertz CT molecular complexity index is 1040. The van der Waals surface area contributed by atoms with Gasteiger partial charge >= 0.3 is 6.08 Å². The lowest BCUT2D eigenvalue weighted by Crippen LogP contribution is -1.96. The summed E-state index contributed by atoms with van der Waals surface area (Å²) < 4.78 is 21.2. The zero-order chi connectivity index (χ0) is 18.6. The zero-order valence-electron chi connectivity index (χ0n) is 14.3. The molecule has 0 bridgehead atoms. The Morgan fingerprint density at radius 3 is 2.63 bits per heavy atom. The molecule has 2 heterocycles. The molecule has 0 radical (unpaired) electrons. The van der Waals surface area contributed by atoms with E-state index in [1.807, 2.05) is 36.4 Å². The van der Waals surface area contributed by atoms with E-state index in [9.17, 15) is 0 Å². The SMILES string of the molecule is COc1ccc(-c2nc(COc3nc(-c4ccccc4Cl)no3)co2)cc1. The van der Waals surface area contributed by atoms with E-state index in [2.05, 4.69) is 15.1 Å². The lowest BCUT2D eigenvalue weighted by Gasteiger charge is -1.99. The van der Waals surface area contributed by atoms with Gasteiger partial charge in [-0.25, -0.2) is 4.98 Å². The largest absolute Gasteiger partial charge is 0.497 e. The highest BCUT2D eigenvalue weighted by Crippen LogP contribution is 2.27. The van der Waals surface area contributed by atoms with Crippen molar-refractivity contribution in [2.45, 2.75) is 6.61 Å². The van der Waals surface area contributed by atoms with E-state index < -0.39 is 0 Å². The van der Waals surface area contributed by atoms with Crippen LogP contribution in [0.2, 0.25) is 5.02 Å². The number of rotatable bonds is 6. The Kier molecular flexibility index (Phi) is 4.76. The van der Waals surface area contributed by atoms with Gasteiger partial charge in [-0.2, -0.15) is 4.98 Å². The van der Waals surface area contributed by atoms with Crippen molar-refractivity contribution in [1.29, 1.82) is 0 Å². The highest BCUT2D eigenvalue weighted by atomic mass is 35.5. The third kappa shape index (κ3) is 3.78. The normalized spacial score (nSPS) is 10.7. The Hall–Kier alpha value is -3.32. The molecule has 4 aromatic rings. The molecular weight excluding hydrogens is 370 g/mol. The summed E-state index contributed by atoms with van der Waals surface area (Å²) in [4.78, 5) is 8.57. The number of aromatic nitrogens is 3. The molecular formula is C19H14ClN3O4. The van der Waals surface area contributed by atoms with Crippen LogP contribution in [0.4, 0.5) is 0 Å². The standard InChI is InChI=1S/C19H14ClN3O4/c1-24-14-8-6-12(7-9-14)18-21-13(10-25-18)11-26-19-22-17(23-27-19)15-4-2-3-5-16(15)20/h2-10H,11H2,1H3. The van der Waals surface area contributed by atoms with Gasteiger partial charge in [0.2, 0.25) is 11.7 Å². The first-order valence-corrected chi connectivity index (χ1v) is 8.41. The summed E-state index contributed by atoms with van der Waals surface area (Å²) in [5.41, 5.74) is 2.10. The average Bonchev–Trinajstić information content (AvgIpc) is 3.36. The number of oxazole rings is 1. The number of hydrogen-bond donors (Lipinski definition) is 0. The van der Waals surface area contributed by atoms with E-state index in [1.54, 1.807) is 19.2 Å². The number of ether oxygens (including phenoxy) is 2. The first kappa shape index (κ1) is 17.1. The van der Waals surface area contributed by atoms with Crippen LogP contribution in [0.3, 0.4) is 0 Å². The molecule has 136 valence electrons. The van der Waals surface area contributed by atoms with Gasteiger partial charge in [0.05, 0.1) is 12.1 Å². The molecule has 0 aliphatic carbocycles. The third-order valence-corrected chi connectivity index (χ3v) is 4.08. The second-order valence-corrected chi connectivity index (χ2v) is 5.93. The van der Waals surface area contributed by atoms with Crippen LogP contribution >= 0.6 is 11.6 Å². The lowest BCUT2D eigenvalue weighted by molar-refractivity contribution is 0.193. The second-order valence-electron chi connectivity index (χ2n) is 5.52. The van der Waals surface area contributed by atoms with Gasteiger partial charge in [0.1, 0.15) is 24.3 Å². The maximum atomic E-state index is 6.13. The lowest BCUT2D eigenvalue weighted by atomic mass is 10.2. The van der Waals surface area contributed by atoms with Gasteiger partial charge in [-0.3, -0.25) is 4.52 Å². The van der Waals surface area contributed by atoms with Crippen LogP contribution in [0.15, 0.2) is 63.7 Å². The zero-order valence-corrected chi connectivity index (χ0v) is 15.0. The fraction of sp³-hybridized carbons (Fsp3) is 0.105. The van der Waals surface area contributed by atoms with Crippen LogP contribution in [0, 0.1) is 0 Å². The molecule has 0 amide bonds. The topological polar surface area (TPSA) is 83.4 Å². The van der Waals surface area contributed by atoms with Crippen molar-refractivity contribution < 1.29 is 18.4 Å². The Labute approximate surface area is 159 Å². The summed E-state index contributed by atoms with van der Waals surface area (Å²) in [5.74, 6) is 1.60. The molecule has 0 fully saturated rings. The fourth-order valence-corrected chi connectivity index (χ4v) is 2.62. The summed E-state index contributed by atoms with van der Waals surface area (Å²) in [7, 11) is 1.62. The van der Waals surface area contributed by atoms with Crippen molar-refractivity contribution in [3.05, 3.63) is 65.5 Å². The molecule has 8 heteroatoms. The van der Waals surface area contributed by atoms with E-state index in [0.29, 0.717) is 28.0 Å². The van der Waals surface area contributed by atoms with Crippen LogP contribution in [-0.2, 0) is 6.61 Å². The smallest absolute Gasteiger partial charge is 0.418 e. The molecule has 0 atom stereocenters. The maximum absolute atomic E-state index is 6.13. The molecule has 0 aliphatic heterocycles. The van der Waals surface area contributed by atoms with Gasteiger partial charge in [0.15, 0.2) is 0 Å². The van der Waals surface area contributed by atoms with Gasteiger partial charge < -0.3 is 13.9 Å². The predicted molar refractivity (Wildman–Crippen MR) is 97.6 cm³/mol. The molecule has 0 N–H and O–H groups in total. The van der Waals surface area contributed by atoms with Gasteiger partial charge in [-0.1, -0.05) is 28.9 Å². The van der Waals surface area contributed by atoms with Crippen molar-refractivity contribution in [1.82, 2.24) is 15.1 Å². The van der Waals surface area contributed by atoms with Crippen LogP contribution in [0.25, 0.3) is 22.8 Å². The van der Waals surface area contributed by atoms with Crippen LogP contribution in [-0.4, -0.2) is 22.2 Å². The monoisotopic (exact) mass is 383 g/mol. The number of methoxy groups -OCH3 is 1. The first-order chi connectivity index (χ1) is 13.2. The van der Waals surface area contributed by atoms with Crippen LogP contribution in [0.5, 0.6) is 11.8 Å². The van der Waals surface area contributed by atoms with Crippen molar-refractivity contribution in [3.63, 3.8) is 0 Å². The van der Waals surface area contributed by atoms with E-state index >= 15 is 0 Å². The quantitative estimate of drug-likeness (QED) is 0.479. The molecule has 2 aromatic heterocycles.